The normalized spacial score (nSPS) is 16.2. The van der Waals surface area contributed by atoms with Crippen LogP contribution in [-0.4, -0.2) is 50.8 Å². The quantitative estimate of drug-likeness (QED) is 0.449. The highest BCUT2D eigenvalue weighted by molar-refractivity contribution is 7.14. The third kappa shape index (κ3) is 3.84. The molecule has 1 atom stereocenters. The standard InChI is InChI=1S/C24H24N6O2S/c1-3-20(31)29-9-5-7-17(12-29)30-24-21(23(25)26-14-27-24)22(28-30)16-11-19(33-13-16)15-6-4-8-18(10-15)32-2/h3-4,6,8,10-11,13-14,17H,1,5,7,9,12H2,2H3,(H2,25,26,27)/t17-/m1/s1. The number of aromatic nitrogens is 4. The van der Waals surface area contributed by atoms with E-state index in [4.69, 9.17) is 15.6 Å². The van der Waals surface area contributed by atoms with E-state index in [9.17, 15) is 4.79 Å². The fourth-order valence-electron chi connectivity index (χ4n) is 4.32. The summed E-state index contributed by atoms with van der Waals surface area (Å²) in [7, 11) is 1.66. The zero-order valence-corrected chi connectivity index (χ0v) is 19.1. The molecule has 2 N–H and O–H groups in total. The molecule has 1 saturated heterocycles. The number of hydrogen-bond acceptors (Lipinski definition) is 7. The number of nitrogens with zero attached hydrogens (tertiary/aromatic N) is 5. The minimum Gasteiger partial charge on any atom is -0.497 e. The smallest absolute Gasteiger partial charge is 0.246 e. The van der Waals surface area contributed by atoms with Crippen molar-refractivity contribution in [1.82, 2.24) is 24.6 Å². The number of methoxy groups -OCH3 is 1. The van der Waals surface area contributed by atoms with Crippen LogP contribution in [-0.2, 0) is 4.79 Å². The van der Waals surface area contributed by atoms with E-state index in [1.54, 1.807) is 18.4 Å². The van der Waals surface area contributed by atoms with Crippen molar-refractivity contribution in [2.45, 2.75) is 18.9 Å². The van der Waals surface area contributed by atoms with Crippen LogP contribution in [0.4, 0.5) is 5.82 Å². The molecule has 5 rings (SSSR count). The number of piperidine rings is 1. The summed E-state index contributed by atoms with van der Waals surface area (Å²) in [4.78, 5) is 23.8. The number of hydrogen-bond donors (Lipinski definition) is 1. The van der Waals surface area contributed by atoms with E-state index in [1.807, 2.05) is 27.8 Å². The van der Waals surface area contributed by atoms with Gasteiger partial charge < -0.3 is 15.4 Å². The van der Waals surface area contributed by atoms with Gasteiger partial charge in [0.2, 0.25) is 5.91 Å². The van der Waals surface area contributed by atoms with Crippen LogP contribution in [0.2, 0.25) is 0 Å². The summed E-state index contributed by atoms with van der Waals surface area (Å²) in [6, 6.07) is 10.1. The number of amides is 1. The predicted molar refractivity (Wildman–Crippen MR) is 130 cm³/mol. The van der Waals surface area contributed by atoms with Crippen LogP contribution < -0.4 is 10.5 Å². The van der Waals surface area contributed by atoms with Gasteiger partial charge in [0, 0.05) is 28.9 Å². The Bertz CT molecular complexity index is 1340. The molecule has 3 aromatic heterocycles. The van der Waals surface area contributed by atoms with E-state index in [2.05, 4.69) is 34.1 Å². The van der Waals surface area contributed by atoms with Crippen LogP contribution in [0.5, 0.6) is 5.75 Å². The number of fused-ring (bicyclic) bond motifs is 1. The Hall–Kier alpha value is -3.72. The molecule has 1 aromatic carbocycles. The molecule has 9 heteroatoms. The lowest BCUT2D eigenvalue weighted by molar-refractivity contribution is -0.127. The lowest BCUT2D eigenvalue weighted by atomic mass is 10.1. The summed E-state index contributed by atoms with van der Waals surface area (Å²) in [6.07, 6.45) is 4.62. The molecule has 1 amide bonds. The molecular weight excluding hydrogens is 436 g/mol. The minimum atomic E-state index is -0.0636. The molecule has 1 aliphatic rings. The van der Waals surface area contributed by atoms with Crippen molar-refractivity contribution in [3.8, 4) is 27.4 Å². The number of nitrogens with two attached hydrogens (primary N) is 1. The summed E-state index contributed by atoms with van der Waals surface area (Å²) in [5, 5.41) is 7.76. The van der Waals surface area contributed by atoms with Crippen molar-refractivity contribution >= 4 is 34.1 Å². The Morgan fingerprint density at radius 2 is 2.18 bits per heavy atom. The second-order valence-electron chi connectivity index (χ2n) is 7.97. The summed E-state index contributed by atoms with van der Waals surface area (Å²) < 4.78 is 7.28. The van der Waals surface area contributed by atoms with Gasteiger partial charge in [0.1, 0.15) is 23.6 Å². The number of anilines is 1. The second kappa shape index (κ2) is 8.67. The minimum absolute atomic E-state index is 0.00434. The Morgan fingerprint density at radius 3 is 3.00 bits per heavy atom. The number of likely N-dealkylation sites (tertiary alicyclic amines) is 1. The molecule has 0 bridgehead atoms. The Balaban J connectivity index is 1.57. The van der Waals surface area contributed by atoms with Crippen molar-refractivity contribution < 1.29 is 9.53 Å². The number of nitrogen functional groups attached to an aromatic ring is 1. The molecular formula is C24H24N6O2S. The lowest BCUT2D eigenvalue weighted by Crippen LogP contribution is -2.40. The predicted octanol–water partition coefficient (Wildman–Crippen LogP) is 4.16. The first-order chi connectivity index (χ1) is 16.1. The summed E-state index contributed by atoms with van der Waals surface area (Å²) in [5.41, 5.74) is 9.76. The first-order valence-electron chi connectivity index (χ1n) is 10.7. The van der Waals surface area contributed by atoms with Crippen LogP contribution >= 0.6 is 11.3 Å². The first-order valence-corrected chi connectivity index (χ1v) is 11.6. The molecule has 1 aliphatic heterocycles. The van der Waals surface area contributed by atoms with Gasteiger partial charge in [-0.05, 0) is 42.7 Å². The third-order valence-corrected chi connectivity index (χ3v) is 6.95. The van der Waals surface area contributed by atoms with E-state index in [-0.39, 0.29) is 11.9 Å². The highest BCUT2D eigenvalue weighted by Gasteiger charge is 2.28. The SMILES string of the molecule is C=CC(=O)N1CCC[C@@H](n2nc(-c3csc(-c4cccc(OC)c4)c3)c3c(N)ncnc32)C1. The highest BCUT2D eigenvalue weighted by atomic mass is 32.1. The molecule has 8 nitrogen and oxygen atoms in total. The number of rotatable bonds is 5. The zero-order chi connectivity index (χ0) is 22.9. The van der Waals surface area contributed by atoms with E-state index >= 15 is 0 Å². The number of carbonyl (C=O) groups excluding carboxylic acids is 1. The van der Waals surface area contributed by atoms with Gasteiger partial charge in [0.05, 0.1) is 18.5 Å². The van der Waals surface area contributed by atoms with Gasteiger partial charge in [-0.2, -0.15) is 5.10 Å². The zero-order valence-electron chi connectivity index (χ0n) is 18.3. The molecule has 0 radical (unpaired) electrons. The van der Waals surface area contributed by atoms with Gasteiger partial charge in [0.15, 0.2) is 5.65 Å². The van der Waals surface area contributed by atoms with E-state index in [1.165, 1.54) is 12.4 Å². The fraction of sp³-hybridized carbons (Fsp3) is 0.250. The van der Waals surface area contributed by atoms with Gasteiger partial charge in [-0.3, -0.25) is 4.79 Å². The fourth-order valence-corrected chi connectivity index (χ4v) is 5.22. The first kappa shape index (κ1) is 21.1. The Morgan fingerprint density at radius 1 is 1.30 bits per heavy atom. The van der Waals surface area contributed by atoms with Crippen LogP contribution in [0.3, 0.4) is 0 Å². The Labute approximate surface area is 195 Å². The maximum absolute atomic E-state index is 12.2. The van der Waals surface area contributed by atoms with Gasteiger partial charge in [0.25, 0.3) is 0 Å². The number of benzene rings is 1. The van der Waals surface area contributed by atoms with Gasteiger partial charge in [-0.1, -0.05) is 18.7 Å². The van der Waals surface area contributed by atoms with Crippen LogP contribution in [0, 0.1) is 0 Å². The average molecular weight is 461 g/mol. The molecule has 0 aliphatic carbocycles. The lowest BCUT2D eigenvalue weighted by Gasteiger charge is -2.32. The van der Waals surface area contributed by atoms with Crippen LogP contribution in [0.1, 0.15) is 18.9 Å². The molecule has 0 unspecified atom stereocenters. The number of ether oxygens (including phenoxy) is 1. The summed E-state index contributed by atoms with van der Waals surface area (Å²) in [5.74, 6) is 1.14. The molecule has 168 valence electrons. The second-order valence-corrected chi connectivity index (χ2v) is 8.88. The maximum atomic E-state index is 12.2. The summed E-state index contributed by atoms with van der Waals surface area (Å²) in [6.45, 7) is 4.90. The van der Waals surface area contributed by atoms with Gasteiger partial charge >= 0.3 is 0 Å². The van der Waals surface area contributed by atoms with Gasteiger partial charge in [-0.25, -0.2) is 14.6 Å². The maximum Gasteiger partial charge on any atom is 0.246 e. The van der Waals surface area contributed by atoms with Crippen molar-refractivity contribution in [2.75, 3.05) is 25.9 Å². The molecule has 0 saturated carbocycles. The largest absolute Gasteiger partial charge is 0.497 e. The van der Waals surface area contributed by atoms with Gasteiger partial charge in [-0.15, -0.1) is 11.3 Å². The number of thiophene rings is 1. The number of carbonyl (C=O) groups is 1. The van der Waals surface area contributed by atoms with Crippen molar-refractivity contribution in [3.05, 3.63) is 54.7 Å². The average Bonchev–Trinajstić information content (AvgIpc) is 3.50. The molecule has 33 heavy (non-hydrogen) atoms. The third-order valence-electron chi connectivity index (χ3n) is 5.97. The van der Waals surface area contributed by atoms with E-state index in [0.29, 0.717) is 18.0 Å². The molecule has 0 spiro atoms. The summed E-state index contributed by atoms with van der Waals surface area (Å²) >= 11 is 1.63. The Kier molecular flexibility index (Phi) is 5.55. The monoisotopic (exact) mass is 460 g/mol. The van der Waals surface area contributed by atoms with Crippen molar-refractivity contribution in [2.24, 2.45) is 0 Å². The van der Waals surface area contributed by atoms with Crippen molar-refractivity contribution in [3.63, 3.8) is 0 Å². The molecule has 4 heterocycles. The molecule has 4 aromatic rings. The van der Waals surface area contributed by atoms with Crippen LogP contribution in [0.25, 0.3) is 32.7 Å². The highest BCUT2D eigenvalue weighted by Crippen LogP contribution is 2.38. The molecule has 1 fully saturated rings. The van der Waals surface area contributed by atoms with Crippen molar-refractivity contribution in [1.29, 1.82) is 0 Å². The van der Waals surface area contributed by atoms with E-state index in [0.717, 1.165) is 52.2 Å². The van der Waals surface area contributed by atoms with E-state index < -0.39 is 0 Å². The topological polar surface area (TPSA) is 99.2 Å². The van der Waals surface area contributed by atoms with Crippen LogP contribution in [0.15, 0.2) is 54.7 Å².